The maximum Gasteiger partial charge on any atom is 0.329 e. The molecule has 39 heavy (non-hydrogen) atoms. The van der Waals surface area contributed by atoms with E-state index in [0.717, 1.165) is 11.0 Å². The minimum atomic E-state index is -1.97. The Labute approximate surface area is 223 Å². The molecule has 0 spiro atoms. The summed E-state index contributed by atoms with van der Waals surface area (Å²) in [7, 11) is 2.96. The van der Waals surface area contributed by atoms with Crippen LogP contribution in [0, 0.1) is 28.9 Å². The lowest BCUT2D eigenvalue weighted by Gasteiger charge is -2.32. The molecule has 0 aromatic heterocycles. The SMILES string of the molecule is COc1ccc(C2NC(C(=O)O)(c3ccccc3)C3C(=O)N(c4cccc([N+](=O)[O-])c4)C(=O)C23)c(OC)c1C. The largest absolute Gasteiger partial charge is 0.496 e. The molecular formula is C28H25N3O8. The Morgan fingerprint density at radius 3 is 2.36 bits per heavy atom. The Balaban J connectivity index is 1.75. The topological polar surface area (TPSA) is 148 Å². The number of carboxylic acids is 1. The number of methoxy groups -OCH3 is 2. The molecule has 0 radical (unpaired) electrons. The third-order valence-corrected chi connectivity index (χ3v) is 7.57. The first-order valence-corrected chi connectivity index (χ1v) is 12.1. The number of carbonyl (C=O) groups excluding carboxylic acids is 2. The second kappa shape index (κ2) is 9.52. The number of non-ortho nitro benzene ring substituents is 1. The fourth-order valence-electron chi connectivity index (χ4n) is 5.89. The first kappa shape index (κ1) is 25.9. The van der Waals surface area contributed by atoms with E-state index in [-0.39, 0.29) is 11.4 Å². The molecule has 2 aliphatic heterocycles. The average molecular weight is 532 g/mol. The third-order valence-electron chi connectivity index (χ3n) is 7.57. The molecule has 0 aliphatic carbocycles. The number of ether oxygens (including phenoxy) is 2. The van der Waals surface area contributed by atoms with E-state index in [1.54, 1.807) is 49.4 Å². The van der Waals surface area contributed by atoms with Crippen LogP contribution in [0.2, 0.25) is 0 Å². The summed E-state index contributed by atoms with van der Waals surface area (Å²) in [6, 6.07) is 15.8. The number of carbonyl (C=O) groups is 3. The van der Waals surface area contributed by atoms with Crippen LogP contribution in [0.5, 0.6) is 11.5 Å². The van der Waals surface area contributed by atoms with E-state index in [9.17, 15) is 29.6 Å². The van der Waals surface area contributed by atoms with E-state index in [1.165, 1.54) is 32.4 Å². The van der Waals surface area contributed by atoms with Gasteiger partial charge in [0.25, 0.3) is 5.69 Å². The highest BCUT2D eigenvalue weighted by molar-refractivity contribution is 6.24. The van der Waals surface area contributed by atoms with E-state index >= 15 is 0 Å². The van der Waals surface area contributed by atoms with E-state index in [0.29, 0.717) is 28.2 Å². The van der Waals surface area contributed by atoms with Crippen LogP contribution in [-0.2, 0) is 19.9 Å². The normalized spacial score (nSPS) is 24.0. The van der Waals surface area contributed by atoms with Gasteiger partial charge in [-0.3, -0.25) is 25.0 Å². The lowest BCUT2D eigenvalue weighted by atomic mass is 9.75. The minimum Gasteiger partial charge on any atom is -0.496 e. The van der Waals surface area contributed by atoms with E-state index in [1.807, 2.05) is 0 Å². The number of benzene rings is 3. The fourth-order valence-corrected chi connectivity index (χ4v) is 5.89. The second-order valence-electron chi connectivity index (χ2n) is 9.41. The summed E-state index contributed by atoms with van der Waals surface area (Å²) in [6.45, 7) is 1.77. The summed E-state index contributed by atoms with van der Waals surface area (Å²) in [5.41, 5.74) is -0.876. The van der Waals surface area contributed by atoms with Crippen molar-refractivity contribution in [2.24, 2.45) is 11.8 Å². The van der Waals surface area contributed by atoms with Gasteiger partial charge < -0.3 is 14.6 Å². The van der Waals surface area contributed by atoms with Crippen LogP contribution in [0.15, 0.2) is 66.7 Å². The van der Waals surface area contributed by atoms with Crippen molar-refractivity contribution in [3.05, 3.63) is 93.5 Å². The van der Waals surface area contributed by atoms with Crippen molar-refractivity contribution >= 4 is 29.2 Å². The third kappa shape index (κ3) is 3.73. The summed E-state index contributed by atoms with van der Waals surface area (Å²) in [4.78, 5) is 52.9. The molecular weight excluding hydrogens is 506 g/mol. The van der Waals surface area contributed by atoms with Gasteiger partial charge in [0.1, 0.15) is 11.5 Å². The van der Waals surface area contributed by atoms with Gasteiger partial charge in [-0.2, -0.15) is 0 Å². The number of imide groups is 1. The number of hydrogen-bond donors (Lipinski definition) is 2. The van der Waals surface area contributed by atoms with Gasteiger partial charge in [0.2, 0.25) is 11.8 Å². The van der Waals surface area contributed by atoms with Crippen molar-refractivity contribution in [3.8, 4) is 11.5 Å². The number of nitro groups is 1. The number of aliphatic carboxylic acids is 1. The van der Waals surface area contributed by atoms with Gasteiger partial charge in [-0.05, 0) is 24.6 Å². The molecule has 4 atom stereocenters. The zero-order valence-electron chi connectivity index (χ0n) is 21.3. The highest BCUT2D eigenvalue weighted by Gasteiger charge is 2.69. The number of rotatable bonds is 7. The fraction of sp³-hybridized carbons (Fsp3) is 0.250. The quantitative estimate of drug-likeness (QED) is 0.266. The lowest BCUT2D eigenvalue weighted by molar-refractivity contribution is -0.384. The van der Waals surface area contributed by atoms with Crippen LogP contribution in [0.4, 0.5) is 11.4 Å². The number of nitro benzene ring substituents is 1. The smallest absolute Gasteiger partial charge is 0.329 e. The second-order valence-corrected chi connectivity index (χ2v) is 9.41. The molecule has 11 heteroatoms. The van der Waals surface area contributed by atoms with Gasteiger partial charge in [-0.1, -0.05) is 42.5 Å². The Morgan fingerprint density at radius 1 is 1.03 bits per heavy atom. The van der Waals surface area contributed by atoms with Crippen molar-refractivity contribution in [3.63, 3.8) is 0 Å². The van der Waals surface area contributed by atoms with Crippen molar-refractivity contribution in [2.45, 2.75) is 18.5 Å². The Hall–Kier alpha value is -4.77. The number of amides is 2. The van der Waals surface area contributed by atoms with Crippen molar-refractivity contribution < 1.29 is 33.9 Å². The zero-order chi connectivity index (χ0) is 28.1. The molecule has 2 amide bonds. The van der Waals surface area contributed by atoms with Gasteiger partial charge in [0.05, 0.1) is 36.7 Å². The predicted molar refractivity (Wildman–Crippen MR) is 138 cm³/mol. The first-order valence-electron chi connectivity index (χ1n) is 12.1. The van der Waals surface area contributed by atoms with Gasteiger partial charge in [0, 0.05) is 29.3 Å². The van der Waals surface area contributed by atoms with Crippen LogP contribution in [-0.4, -0.2) is 42.0 Å². The Bertz CT molecular complexity index is 1510. The molecule has 2 fully saturated rings. The highest BCUT2D eigenvalue weighted by atomic mass is 16.6. The maximum atomic E-state index is 14.1. The summed E-state index contributed by atoms with van der Waals surface area (Å²) in [5, 5.41) is 25.2. The van der Waals surface area contributed by atoms with Crippen LogP contribution in [0.3, 0.4) is 0 Å². The van der Waals surface area contributed by atoms with Crippen LogP contribution >= 0.6 is 0 Å². The Morgan fingerprint density at radius 2 is 1.74 bits per heavy atom. The van der Waals surface area contributed by atoms with Gasteiger partial charge in [0.15, 0.2) is 5.54 Å². The minimum absolute atomic E-state index is 0.00224. The highest BCUT2D eigenvalue weighted by Crippen LogP contribution is 2.55. The summed E-state index contributed by atoms with van der Waals surface area (Å²) < 4.78 is 11.1. The molecule has 4 unspecified atom stereocenters. The van der Waals surface area contributed by atoms with Crippen LogP contribution < -0.4 is 19.7 Å². The monoisotopic (exact) mass is 531 g/mol. The molecule has 2 saturated heterocycles. The molecule has 3 aromatic rings. The first-order chi connectivity index (χ1) is 18.7. The predicted octanol–water partition coefficient (Wildman–Crippen LogP) is 3.35. The van der Waals surface area contributed by atoms with Crippen molar-refractivity contribution in [2.75, 3.05) is 19.1 Å². The number of carboxylic acid groups (broad SMARTS) is 1. The summed E-state index contributed by atoms with van der Waals surface area (Å²) in [5.74, 6) is -4.37. The Kier molecular flexibility index (Phi) is 6.31. The van der Waals surface area contributed by atoms with Gasteiger partial charge >= 0.3 is 5.97 Å². The number of fused-ring (bicyclic) bond motifs is 1. The lowest BCUT2D eigenvalue weighted by Crippen LogP contribution is -2.53. The molecule has 2 N–H and O–H groups in total. The number of nitrogens with one attached hydrogen (secondary N) is 1. The van der Waals surface area contributed by atoms with E-state index in [2.05, 4.69) is 5.32 Å². The number of hydrogen-bond acceptors (Lipinski definition) is 8. The van der Waals surface area contributed by atoms with Crippen LogP contribution in [0.1, 0.15) is 22.7 Å². The molecule has 0 bridgehead atoms. The molecule has 0 saturated carbocycles. The van der Waals surface area contributed by atoms with E-state index in [4.69, 9.17) is 9.47 Å². The van der Waals surface area contributed by atoms with Crippen molar-refractivity contribution in [1.29, 1.82) is 0 Å². The molecule has 2 heterocycles. The van der Waals surface area contributed by atoms with E-state index < -0.39 is 46.1 Å². The molecule has 5 rings (SSSR count). The van der Waals surface area contributed by atoms with Gasteiger partial charge in [-0.15, -0.1) is 0 Å². The van der Waals surface area contributed by atoms with Crippen molar-refractivity contribution in [1.82, 2.24) is 5.32 Å². The maximum absolute atomic E-state index is 14.1. The molecule has 2 aliphatic rings. The van der Waals surface area contributed by atoms with Crippen LogP contribution in [0.25, 0.3) is 0 Å². The number of nitrogens with zero attached hydrogens (tertiary/aromatic N) is 2. The average Bonchev–Trinajstić information content (AvgIpc) is 3.43. The zero-order valence-corrected chi connectivity index (χ0v) is 21.3. The number of anilines is 1. The standard InChI is InChI=1S/C28H25N3O8/c1-15-20(38-2)13-12-19(24(15)39-3)23-21-22(28(29-23,27(34)35)16-8-5-4-6-9-16)26(33)30(25(21)32)17-10-7-11-18(14-17)31(36)37/h4-14,21-23,29H,1-3H3,(H,34,35). The summed E-state index contributed by atoms with van der Waals surface area (Å²) in [6.07, 6.45) is 0. The molecule has 200 valence electrons. The van der Waals surface area contributed by atoms with Gasteiger partial charge in [-0.25, -0.2) is 9.69 Å². The molecule has 11 nitrogen and oxygen atoms in total. The molecule has 3 aromatic carbocycles. The summed E-state index contributed by atoms with van der Waals surface area (Å²) >= 11 is 0.